The largest absolute Gasteiger partial charge is 0.378 e. The predicted octanol–water partition coefficient (Wildman–Crippen LogP) is 3.63. The van der Waals surface area contributed by atoms with Gasteiger partial charge in [-0.2, -0.15) is 0 Å². The normalized spacial score (nSPS) is 10.5. The van der Waals surface area contributed by atoms with E-state index < -0.39 is 0 Å². The summed E-state index contributed by atoms with van der Waals surface area (Å²) in [5.74, 6) is 1.10. The molecular formula is C17H22N2S. The lowest BCUT2D eigenvalue weighted by molar-refractivity contribution is 0.732. The molecule has 0 fully saturated rings. The second-order valence-corrected chi connectivity index (χ2v) is 6.07. The van der Waals surface area contributed by atoms with Crippen LogP contribution in [0.1, 0.15) is 5.56 Å². The van der Waals surface area contributed by atoms with E-state index in [0.29, 0.717) is 0 Å². The molecule has 106 valence electrons. The van der Waals surface area contributed by atoms with Crippen LogP contribution in [0.5, 0.6) is 0 Å². The molecule has 0 spiro atoms. The highest BCUT2D eigenvalue weighted by Gasteiger charge is 1.97. The number of thioether (sulfide) groups is 1. The smallest absolute Gasteiger partial charge is 0.0361 e. The molecule has 0 aliphatic carbocycles. The molecule has 0 saturated heterocycles. The Hall–Kier alpha value is -1.45. The number of hydrogen-bond acceptors (Lipinski definition) is 3. The fourth-order valence-electron chi connectivity index (χ4n) is 1.90. The molecule has 0 radical (unpaired) electrons. The van der Waals surface area contributed by atoms with E-state index in [1.54, 1.807) is 0 Å². The highest BCUT2D eigenvalue weighted by atomic mass is 32.2. The second-order valence-electron chi connectivity index (χ2n) is 4.90. The van der Waals surface area contributed by atoms with Gasteiger partial charge < -0.3 is 10.2 Å². The molecule has 0 amide bonds. The second kappa shape index (κ2) is 7.98. The Morgan fingerprint density at radius 2 is 1.65 bits per heavy atom. The van der Waals surface area contributed by atoms with Gasteiger partial charge in [-0.15, -0.1) is 11.8 Å². The fraction of sp³-hybridized carbons (Fsp3) is 0.294. The van der Waals surface area contributed by atoms with Crippen molar-refractivity contribution in [2.75, 3.05) is 31.3 Å². The Labute approximate surface area is 126 Å². The first-order valence-electron chi connectivity index (χ1n) is 6.90. The van der Waals surface area contributed by atoms with Gasteiger partial charge in [-0.3, -0.25) is 0 Å². The number of benzene rings is 2. The lowest BCUT2D eigenvalue weighted by atomic mass is 10.2. The zero-order chi connectivity index (χ0) is 14.2. The van der Waals surface area contributed by atoms with Crippen molar-refractivity contribution in [1.82, 2.24) is 5.32 Å². The molecule has 0 unspecified atom stereocenters. The summed E-state index contributed by atoms with van der Waals surface area (Å²) in [4.78, 5) is 3.46. The van der Waals surface area contributed by atoms with Crippen molar-refractivity contribution in [2.45, 2.75) is 11.4 Å². The lowest BCUT2D eigenvalue weighted by Gasteiger charge is -2.12. The molecule has 0 aromatic heterocycles. The van der Waals surface area contributed by atoms with E-state index in [9.17, 15) is 0 Å². The molecule has 20 heavy (non-hydrogen) atoms. The van der Waals surface area contributed by atoms with Gasteiger partial charge in [0, 0.05) is 43.5 Å². The Bertz CT molecular complexity index is 494. The Morgan fingerprint density at radius 3 is 2.30 bits per heavy atom. The van der Waals surface area contributed by atoms with E-state index in [4.69, 9.17) is 0 Å². The fourth-order valence-corrected chi connectivity index (χ4v) is 2.73. The number of rotatable bonds is 7. The minimum absolute atomic E-state index is 0.934. The van der Waals surface area contributed by atoms with Gasteiger partial charge in [0.2, 0.25) is 0 Å². The van der Waals surface area contributed by atoms with Crippen LogP contribution in [-0.4, -0.2) is 26.4 Å². The molecule has 0 aliphatic heterocycles. The van der Waals surface area contributed by atoms with Crippen molar-refractivity contribution in [3.05, 3.63) is 60.2 Å². The van der Waals surface area contributed by atoms with E-state index in [1.807, 2.05) is 11.8 Å². The summed E-state index contributed by atoms with van der Waals surface area (Å²) in [7, 11) is 4.13. The summed E-state index contributed by atoms with van der Waals surface area (Å²) in [6.07, 6.45) is 0. The van der Waals surface area contributed by atoms with E-state index in [2.05, 4.69) is 78.9 Å². The summed E-state index contributed by atoms with van der Waals surface area (Å²) in [6.45, 7) is 1.96. The van der Waals surface area contributed by atoms with Crippen molar-refractivity contribution in [3.8, 4) is 0 Å². The van der Waals surface area contributed by atoms with Gasteiger partial charge in [-0.25, -0.2) is 0 Å². The highest BCUT2D eigenvalue weighted by molar-refractivity contribution is 7.99. The van der Waals surface area contributed by atoms with Crippen LogP contribution in [0.2, 0.25) is 0 Å². The molecular weight excluding hydrogens is 264 g/mol. The first-order chi connectivity index (χ1) is 9.75. The van der Waals surface area contributed by atoms with E-state index in [0.717, 1.165) is 18.8 Å². The Balaban J connectivity index is 1.66. The molecule has 0 bridgehead atoms. The summed E-state index contributed by atoms with van der Waals surface area (Å²) in [5, 5.41) is 3.49. The third-order valence-electron chi connectivity index (χ3n) is 3.07. The molecule has 0 saturated carbocycles. The third-order valence-corrected chi connectivity index (χ3v) is 4.09. The predicted molar refractivity (Wildman–Crippen MR) is 89.6 cm³/mol. The summed E-state index contributed by atoms with van der Waals surface area (Å²) >= 11 is 1.89. The van der Waals surface area contributed by atoms with Crippen LogP contribution >= 0.6 is 11.8 Å². The van der Waals surface area contributed by atoms with Crippen LogP contribution in [0, 0.1) is 0 Å². The van der Waals surface area contributed by atoms with Crippen molar-refractivity contribution < 1.29 is 0 Å². The molecule has 2 aromatic rings. The number of hydrogen-bond donors (Lipinski definition) is 1. The monoisotopic (exact) mass is 286 g/mol. The van der Waals surface area contributed by atoms with Crippen molar-refractivity contribution in [2.24, 2.45) is 0 Å². The minimum atomic E-state index is 0.934. The molecule has 2 aromatic carbocycles. The van der Waals surface area contributed by atoms with Gasteiger partial charge in [-0.05, 0) is 29.8 Å². The van der Waals surface area contributed by atoms with Gasteiger partial charge in [0.15, 0.2) is 0 Å². The van der Waals surface area contributed by atoms with Gasteiger partial charge >= 0.3 is 0 Å². The molecule has 0 aliphatic rings. The molecule has 1 N–H and O–H groups in total. The molecule has 3 heteroatoms. The summed E-state index contributed by atoms with van der Waals surface area (Å²) in [5.41, 5.74) is 2.58. The number of nitrogens with one attached hydrogen (secondary N) is 1. The lowest BCUT2D eigenvalue weighted by Crippen LogP contribution is -2.16. The summed E-state index contributed by atoms with van der Waals surface area (Å²) < 4.78 is 0. The number of anilines is 1. The van der Waals surface area contributed by atoms with Crippen LogP contribution in [0.25, 0.3) is 0 Å². The molecule has 2 rings (SSSR count). The maximum Gasteiger partial charge on any atom is 0.0361 e. The average molecular weight is 286 g/mol. The molecule has 0 heterocycles. The van der Waals surface area contributed by atoms with Gasteiger partial charge in [0.25, 0.3) is 0 Å². The maximum absolute atomic E-state index is 3.49. The van der Waals surface area contributed by atoms with Crippen molar-refractivity contribution >= 4 is 17.4 Å². The van der Waals surface area contributed by atoms with Gasteiger partial charge in [0.1, 0.15) is 0 Å². The minimum Gasteiger partial charge on any atom is -0.378 e. The molecule has 2 nitrogen and oxygen atoms in total. The van der Waals surface area contributed by atoms with Crippen molar-refractivity contribution in [1.29, 1.82) is 0 Å². The van der Waals surface area contributed by atoms with Crippen molar-refractivity contribution in [3.63, 3.8) is 0 Å². The van der Waals surface area contributed by atoms with Crippen LogP contribution in [0.4, 0.5) is 5.69 Å². The van der Waals surface area contributed by atoms with Crippen LogP contribution in [0.15, 0.2) is 59.5 Å². The zero-order valence-electron chi connectivity index (χ0n) is 12.2. The first-order valence-corrected chi connectivity index (χ1v) is 7.89. The SMILES string of the molecule is CN(C)c1ccc(CNCCSc2ccccc2)cc1. The molecule has 0 atom stereocenters. The van der Waals surface area contributed by atoms with E-state index in [1.165, 1.54) is 16.1 Å². The standard InChI is InChI=1S/C17H22N2S/c1-19(2)16-10-8-15(9-11-16)14-18-12-13-20-17-6-4-3-5-7-17/h3-11,18H,12-14H2,1-2H3. The third kappa shape index (κ3) is 4.91. The quantitative estimate of drug-likeness (QED) is 0.618. The van der Waals surface area contributed by atoms with Crippen LogP contribution in [-0.2, 0) is 6.54 Å². The average Bonchev–Trinajstić information content (AvgIpc) is 2.48. The Kier molecular flexibility index (Phi) is 5.96. The van der Waals surface area contributed by atoms with Crippen LogP contribution < -0.4 is 10.2 Å². The van der Waals surface area contributed by atoms with Crippen LogP contribution in [0.3, 0.4) is 0 Å². The summed E-state index contributed by atoms with van der Waals surface area (Å²) in [6, 6.07) is 19.2. The maximum atomic E-state index is 3.49. The first kappa shape index (κ1) is 14.9. The van der Waals surface area contributed by atoms with E-state index in [-0.39, 0.29) is 0 Å². The highest BCUT2D eigenvalue weighted by Crippen LogP contribution is 2.16. The van der Waals surface area contributed by atoms with E-state index >= 15 is 0 Å². The van der Waals surface area contributed by atoms with Gasteiger partial charge in [0.05, 0.1) is 0 Å². The Morgan fingerprint density at radius 1 is 0.950 bits per heavy atom. The number of nitrogens with zero attached hydrogens (tertiary/aromatic N) is 1. The van der Waals surface area contributed by atoms with Gasteiger partial charge in [-0.1, -0.05) is 30.3 Å². The zero-order valence-corrected chi connectivity index (χ0v) is 13.0. The topological polar surface area (TPSA) is 15.3 Å².